The minimum absolute atomic E-state index is 0.104. The van der Waals surface area contributed by atoms with Crippen molar-refractivity contribution in [1.82, 2.24) is 19.7 Å². The molecule has 1 aromatic carbocycles. The molecule has 0 bridgehead atoms. The number of alkyl halides is 2. The van der Waals surface area contributed by atoms with E-state index in [2.05, 4.69) is 15.1 Å². The minimum Gasteiger partial charge on any atom is -0.491 e. The van der Waals surface area contributed by atoms with Crippen molar-refractivity contribution in [3.63, 3.8) is 0 Å². The lowest BCUT2D eigenvalue weighted by Gasteiger charge is -2.16. The van der Waals surface area contributed by atoms with E-state index in [1.165, 1.54) is 19.3 Å². The van der Waals surface area contributed by atoms with E-state index in [9.17, 15) is 18.7 Å². The number of carbonyl (C=O) groups is 1. The Labute approximate surface area is 219 Å². The quantitative estimate of drug-likeness (QED) is 0.331. The van der Waals surface area contributed by atoms with Crippen molar-refractivity contribution in [3.8, 4) is 28.4 Å². The average molecular weight is 534 g/mol. The number of aromatic nitrogens is 4. The molecule has 8 nitrogen and oxygen atoms in total. The van der Waals surface area contributed by atoms with Gasteiger partial charge in [0.25, 0.3) is 6.43 Å². The number of rotatable bonds is 11. The van der Waals surface area contributed by atoms with E-state index in [1.54, 1.807) is 32.0 Å². The van der Waals surface area contributed by atoms with Gasteiger partial charge in [-0.1, -0.05) is 24.9 Å². The molecule has 1 atom stereocenters. The number of carbonyl (C=O) groups excluding carboxylic acids is 1. The molecule has 2 aromatic heterocycles. The number of nitrogens with two attached hydrogens (primary N) is 1. The number of aliphatic hydroxyl groups excluding tert-OH is 1. The Kier molecular flexibility index (Phi) is 9.34. The summed E-state index contributed by atoms with van der Waals surface area (Å²) in [5.41, 5.74) is 8.64. The van der Waals surface area contributed by atoms with E-state index in [1.807, 2.05) is 6.92 Å². The monoisotopic (exact) mass is 533 g/mol. The summed E-state index contributed by atoms with van der Waals surface area (Å²) >= 11 is 6.51. The van der Waals surface area contributed by atoms with Crippen molar-refractivity contribution in [2.24, 2.45) is 5.73 Å². The van der Waals surface area contributed by atoms with Crippen molar-refractivity contribution >= 4 is 23.0 Å². The molecule has 11 heteroatoms. The number of hydrogen-bond donors (Lipinski definition) is 2. The maximum atomic E-state index is 12.9. The molecule has 0 saturated carbocycles. The number of aliphatic hydroxyl groups is 1. The summed E-state index contributed by atoms with van der Waals surface area (Å²) in [5, 5.41) is 14.4. The Morgan fingerprint density at radius 2 is 2.00 bits per heavy atom. The van der Waals surface area contributed by atoms with Crippen LogP contribution in [0.15, 0.2) is 36.3 Å². The number of ketones is 1. The van der Waals surface area contributed by atoms with Crippen LogP contribution in [-0.2, 0) is 11.3 Å². The molecule has 2 heterocycles. The Morgan fingerprint density at radius 3 is 2.62 bits per heavy atom. The average Bonchev–Trinajstić information content (AvgIpc) is 3.27. The van der Waals surface area contributed by atoms with E-state index in [0.717, 1.165) is 11.1 Å². The number of Topliss-reactive ketones (excluding diaryl/α,β-unsaturated/α-hetero) is 1. The fraction of sp³-hybridized carbons (Fsp3) is 0.385. The predicted molar refractivity (Wildman–Crippen MR) is 138 cm³/mol. The summed E-state index contributed by atoms with van der Waals surface area (Å²) in [6.45, 7) is 6.21. The van der Waals surface area contributed by atoms with Crippen LogP contribution in [0.1, 0.15) is 44.9 Å². The molecule has 198 valence electrons. The van der Waals surface area contributed by atoms with Crippen LogP contribution in [0.2, 0.25) is 5.02 Å². The number of nitrogens with zero attached hydrogens (tertiary/aromatic N) is 4. The van der Waals surface area contributed by atoms with E-state index >= 15 is 0 Å². The first-order valence-electron chi connectivity index (χ1n) is 11.8. The van der Waals surface area contributed by atoms with Gasteiger partial charge < -0.3 is 15.6 Å². The molecule has 0 aliphatic rings. The molecule has 3 N–H and O–H groups in total. The summed E-state index contributed by atoms with van der Waals surface area (Å²) in [6.07, 6.45) is 1.12. The van der Waals surface area contributed by atoms with Gasteiger partial charge in [-0.2, -0.15) is 5.10 Å². The van der Waals surface area contributed by atoms with Crippen LogP contribution in [0.5, 0.6) is 5.75 Å². The Balaban J connectivity index is 2.18. The van der Waals surface area contributed by atoms with Crippen LogP contribution in [-0.4, -0.2) is 49.8 Å². The van der Waals surface area contributed by atoms with Crippen LogP contribution in [0, 0.1) is 6.92 Å². The summed E-state index contributed by atoms with van der Waals surface area (Å²) < 4.78 is 32.7. The molecular formula is C26H30ClF2N5O3. The lowest BCUT2D eigenvalue weighted by atomic mass is 9.98. The molecule has 0 spiro atoms. The SMILES string of the molecule is CCC[C@@H](O)COc1ccc(Cl)c(-c2nc(C(C(C)=O)=C(C)N)c(C)c(-c3cnn(CC(F)F)c3)n2)c1. The van der Waals surface area contributed by atoms with Gasteiger partial charge in [0, 0.05) is 28.6 Å². The van der Waals surface area contributed by atoms with Crippen LogP contribution in [0.25, 0.3) is 28.2 Å². The summed E-state index contributed by atoms with van der Waals surface area (Å²) in [4.78, 5) is 21.8. The fourth-order valence-electron chi connectivity index (χ4n) is 3.89. The van der Waals surface area contributed by atoms with Gasteiger partial charge in [-0.05, 0) is 45.4 Å². The predicted octanol–water partition coefficient (Wildman–Crippen LogP) is 5.05. The van der Waals surface area contributed by atoms with E-state index in [-0.39, 0.29) is 29.5 Å². The van der Waals surface area contributed by atoms with Crippen molar-refractivity contribution in [1.29, 1.82) is 0 Å². The number of benzene rings is 1. The zero-order chi connectivity index (χ0) is 27.3. The Bertz CT molecular complexity index is 1310. The van der Waals surface area contributed by atoms with E-state index < -0.39 is 19.1 Å². The molecule has 0 unspecified atom stereocenters. The molecule has 3 aromatic rings. The molecular weight excluding hydrogens is 504 g/mol. The summed E-state index contributed by atoms with van der Waals surface area (Å²) in [5.74, 6) is 0.339. The molecule has 0 aliphatic heterocycles. The minimum atomic E-state index is -2.57. The van der Waals surface area contributed by atoms with Gasteiger partial charge in [0.15, 0.2) is 11.6 Å². The smallest absolute Gasteiger partial charge is 0.257 e. The second-order valence-electron chi connectivity index (χ2n) is 8.72. The molecule has 0 amide bonds. The Morgan fingerprint density at radius 1 is 1.27 bits per heavy atom. The van der Waals surface area contributed by atoms with Crippen LogP contribution < -0.4 is 10.5 Å². The highest BCUT2D eigenvalue weighted by molar-refractivity contribution is 6.33. The number of hydrogen-bond acceptors (Lipinski definition) is 7. The third-order valence-electron chi connectivity index (χ3n) is 5.60. The lowest BCUT2D eigenvalue weighted by molar-refractivity contribution is -0.111. The molecule has 37 heavy (non-hydrogen) atoms. The van der Waals surface area contributed by atoms with E-state index in [0.29, 0.717) is 45.3 Å². The number of ether oxygens (including phenoxy) is 1. The first-order valence-corrected chi connectivity index (χ1v) is 12.2. The van der Waals surface area contributed by atoms with Crippen molar-refractivity contribution in [3.05, 3.63) is 52.6 Å². The van der Waals surface area contributed by atoms with Gasteiger partial charge in [-0.25, -0.2) is 18.7 Å². The van der Waals surface area contributed by atoms with Crippen molar-refractivity contribution in [2.45, 2.75) is 59.6 Å². The van der Waals surface area contributed by atoms with E-state index in [4.69, 9.17) is 22.1 Å². The van der Waals surface area contributed by atoms with Gasteiger partial charge in [0.05, 0.1) is 34.3 Å². The highest BCUT2D eigenvalue weighted by Crippen LogP contribution is 2.35. The molecule has 0 fully saturated rings. The maximum absolute atomic E-state index is 12.9. The summed E-state index contributed by atoms with van der Waals surface area (Å²) in [6, 6.07) is 4.93. The molecule has 0 aliphatic carbocycles. The third-order valence-corrected chi connectivity index (χ3v) is 5.93. The highest BCUT2D eigenvalue weighted by atomic mass is 35.5. The largest absolute Gasteiger partial charge is 0.491 e. The van der Waals surface area contributed by atoms with Gasteiger partial charge in [0.1, 0.15) is 18.9 Å². The fourth-order valence-corrected chi connectivity index (χ4v) is 4.10. The first-order chi connectivity index (χ1) is 17.5. The topological polar surface area (TPSA) is 116 Å². The third kappa shape index (κ3) is 6.90. The van der Waals surface area contributed by atoms with Gasteiger partial charge in [0.2, 0.25) is 0 Å². The second-order valence-corrected chi connectivity index (χ2v) is 9.13. The molecule has 0 saturated heterocycles. The first kappa shape index (κ1) is 28.2. The number of allylic oxidation sites excluding steroid dienone is 2. The maximum Gasteiger partial charge on any atom is 0.257 e. The van der Waals surface area contributed by atoms with Gasteiger partial charge in [-0.15, -0.1) is 0 Å². The van der Waals surface area contributed by atoms with Crippen LogP contribution in [0.3, 0.4) is 0 Å². The Hall–Kier alpha value is -3.37. The molecule has 0 radical (unpaired) electrons. The van der Waals surface area contributed by atoms with Crippen molar-refractivity contribution < 1.29 is 23.4 Å². The highest BCUT2D eigenvalue weighted by Gasteiger charge is 2.22. The van der Waals surface area contributed by atoms with Gasteiger partial charge >= 0.3 is 0 Å². The van der Waals surface area contributed by atoms with Gasteiger partial charge in [-0.3, -0.25) is 9.48 Å². The van der Waals surface area contributed by atoms with Crippen LogP contribution in [0.4, 0.5) is 8.78 Å². The molecule has 3 rings (SSSR count). The zero-order valence-corrected chi connectivity index (χ0v) is 21.9. The second kappa shape index (κ2) is 12.2. The van der Waals surface area contributed by atoms with Crippen molar-refractivity contribution in [2.75, 3.05) is 6.61 Å². The van der Waals surface area contributed by atoms with Crippen LogP contribution >= 0.6 is 11.6 Å². The zero-order valence-electron chi connectivity index (χ0n) is 21.1. The summed E-state index contributed by atoms with van der Waals surface area (Å²) in [7, 11) is 0. The number of halogens is 3. The standard InChI is InChI=1S/C26H30ClF2N5O3/c1-5-6-18(36)13-37-19-7-8-21(27)20(9-19)26-32-24(17-10-31-34(11-17)12-22(28)29)14(2)25(33-26)23(15(3)30)16(4)35/h7-11,18,22,36H,5-6,12-13,30H2,1-4H3/t18-/m1/s1. The normalized spacial score (nSPS) is 13.0. The lowest BCUT2D eigenvalue weighted by Crippen LogP contribution is -2.17.